The fourth-order valence-corrected chi connectivity index (χ4v) is 3.40. The number of nitrogens with zero attached hydrogens (tertiary/aromatic N) is 4. The number of carbonyl (C=O) groups is 1. The predicted octanol–water partition coefficient (Wildman–Crippen LogP) is 2.96. The molecule has 0 bridgehead atoms. The molecule has 3 heterocycles. The Bertz CT molecular complexity index is 1070. The molecule has 1 aliphatic heterocycles. The number of amides is 1. The van der Waals surface area contributed by atoms with Crippen molar-refractivity contribution in [3.8, 4) is 17.0 Å². The minimum Gasteiger partial charge on any atom is -0.493 e. The van der Waals surface area contributed by atoms with Crippen LogP contribution in [0.1, 0.15) is 32.6 Å². The van der Waals surface area contributed by atoms with Gasteiger partial charge in [-0.3, -0.25) is 9.59 Å². The number of likely N-dealkylation sites (tertiary alicyclic amines) is 1. The Morgan fingerprint density at radius 3 is 2.79 bits per heavy atom. The molecule has 0 N–H and O–H groups in total. The van der Waals surface area contributed by atoms with Crippen molar-refractivity contribution in [3.05, 3.63) is 53.1 Å². The molecule has 7 nitrogen and oxygen atoms in total. The highest BCUT2D eigenvalue weighted by Crippen LogP contribution is 2.29. The highest BCUT2D eigenvalue weighted by Gasteiger charge is 2.20. The molecule has 1 saturated heterocycles. The molecule has 2 aromatic heterocycles. The van der Waals surface area contributed by atoms with E-state index >= 15 is 0 Å². The van der Waals surface area contributed by atoms with Crippen molar-refractivity contribution < 1.29 is 9.53 Å². The molecule has 0 aliphatic carbocycles. The van der Waals surface area contributed by atoms with Gasteiger partial charge >= 0.3 is 0 Å². The van der Waals surface area contributed by atoms with E-state index in [2.05, 4.69) is 12.0 Å². The molecule has 1 aromatic carbocycles. The van der Waals surface area contributed by atoms with Gasteiger partial charge in [0, 0.05) is 44.0 Å². The van der Waals surface area contributed by atoms with Crippen LogP contribution in [0.3, 0.4) is 0 Å². The van der Waals surface area contributed by atoms with E-state index in [1.165, 1.54) is 0 Å². The smallest absolute Gasteiger partial charge is 0.276 e. The topological polar surface area (TPSA) is 68.8 Å². The van der Waals surface area contributed by atoms with Crippen LogP contribution >= 0.6 is 0 Å². The lowest BCUT2D eigenvalue weighted by Gasteiger charge is -2.30. The molecule has 4 rings (SSSR count). The zero-order chi connectivity index (χ0) is 20.2. The maximum absolute atomic E-state index is 12.9. The second kappa shape index (κ2) is 8.51. The van der Waals surface area contributed by atoms with Gasteiger partial charge in [0.2, 0.25) is 5.91 Å². The van der Waals surface area contributed by atoms with Crippen LogP contribution < -0.4 is 10.3 Å². The van der Waals surface area contributed by atoms with Crippen LogP contribution in [0.15, 0.2) is 47.5 Å². The van der Waals surface area contributed by atoms with Crippen molar-refractivity contribution in [3.63, 3.8) is 0 Å². The highest BCUT2D eigenvalue weighted by molar-refractivity contribution is 5.76. The van der Waals surface area contributed by atoms with E-state index in [-0.39, 0.29) is 11.5 Å². The van der Waals surface area contributed by atoms with Gasteiger partial charge in [0.05, 0.1) is 12.3 Å². The molecule has 1 aliphatic rings. The normalized spacial score (nSPS) is 13.5. The largest absolute Gasteiger partial charge is 0.493 e. The summed E-state index contributed by atoms with van der Waals surface area (Å²) in [6.07, 6.45) is 6.91. The number of para-hydroxylation sites is 1. The van der Waals surface area contributed by atoms with E-state index in [9.17, 15) is 9.59 Å². The number of unbranched alkanes of at least 4 members (excludes halogenated alkanes) is 1. The monoisotopic (exact) mass is 394 g/mol. The third kappa shape index (κ3) is 4.04. The number of ether oxygens (including phenoxy) is 1. The molecule has 0 atom stereocenters. The molecular weight excluding hydrogens is 368 g/mol. The van der Waals surface area contributed by atoms with Gasteiger partial charge in [-0.1, -0.05) is 25.5 Å². The van der Waals surface area contributed by atoms with E-state index in [1.54, 1.807) is 27.5 Å². The van der Waals surface area contributed by atoms with Crippen LogP contribution in [0.4, 0.5) is 0 Å². The van der Waals surface area contributed by atoms with Crippen LogP contribution in [0.25, 0.3) is 16.8 Å². The summed E-state index contributed by atoms with van der Waals surface area (Å²) >= 11 is 0. The van der Waals surface area contributed by atoms with E-state index in [0.717, 1.165) is 43.7 Å². The van der Waals surface area contributed by atoms with Crippen LogP contribution in [-0.4, -0.2) is 44.7 Å². The lowest BCUT2D eigenvalue weighted by molar-refractivity contribution is -0.134. The van der Waals surface area contributed by atoms with Gasteiger partial charge in [-0.15, -0.1) is 0 Å². The maximum atomic E-state index is 12.9. The zero-order valence-corrected chi connectivity index (χ0v) is 16.7. The predicted molar refractivity (Wildman–Crippen MR) is 111 cm³/mol. The number of rotatable bonds is 8. The van der Waals surface area contributed by atoms with Gasteiger partial charge in [0.15, 0.2) is 0 Å². The number of aryl methyl sites for hydroxylation is 1. The summed E-state index contributed by atoms with van der Waals surface area (Å²) in [6.45, 7) is 4.82. The van der Waals surface area contributed by atoms with Gasteiger partial charge in [-0.2, -0.15) is 5.10 Å². The number of hydrogen-bond acceptors (Lipinski definition) is 4. The van der Waals surface area contributed by atoms with Crippen molar-refractivity contribution in [1.82, 2.24) is 19.1 Å². The molecular formula is C22H26N4O3. The maximum Gasteiger partial charge on any atom is 0.276 e. The van der Waals surface area contributed by atoms with Crippen LogP contribution in [0.5, 0.6) is 5.75 Å². The molecule has 0 radical (unpaired) electrons. The van der Waals surface area contributed by atoms with E-state index in [4.69, 9.17) is 4.74 Å². The van der Waals surface area contributed by atoms with Crippen LogP contribution in [-0.2, 0) is 11.3 Å². The number of hydrogen-bond donors (Lipinski definition) is 0. The first-order valence-corrected chi connectivity index (χ1v) is 10.3. The quantitative estimate of drug-likeness (QED) is 0.551. The standard InChI is InChI=1S/C22H26N4O3/c1-2-3-15-29-20-8-5-4-7-17(20)18-16-19-22(28)25(13-14-26(19)23-18)12-9-21(27)24-10-6-11-24/h4-5,7-8,13-14,16H,2-3,6,9-12,15H2,1H3. The summed E-state index contributed by atoms with van der Waals surface area (Å²) in [4.78, 5) is 26.8. The molecule has 3 aromatic rings. The molecule has 0 spiro atoms. The summed E-state index contributed by atoms with van der Waals surface area (Å²) in [5.74, 6) is 0.875. The summed E-state index contributed by atoms with van der Waals surface area (Å²) in [5.41, 5.74) is 1.91. The van der Waals surface area contributed by atoms with Gasteiger partial charge < -0.3 is 14.2 Å². The highest BCUT2D eigenvalue weighted by atomic mass is 16.5. The minimum atomic E-state index is -0.146. The second-order valence-corrected chi connectivity index (χ2v) is 7.34. The van der Waals surface area contributed by atoms with E-state index < -0.39 is 0 Å². The molecule has 1 amide bonds. The van der Waals surface area contributed by atoms with Crippen molar-refractivity contribution in [2.75, 3.05) is 19.7 Å². The Morgan fingerprint density at radius 1 is 1.21 bits per heavy atom. The van der Waals surface area contributed by atoms with E-state index in [1.807, 2.05) is 29.2 Å². The van der Waals surface area contributed by atoms with Crippen molar-refractivity contribution in [1.29, 1.82) is 0 Å². The van der Waals surface area contributed by atoms with Crippen LogP contribution in [0.2, 0.25) is 0 Å². The molecule has 0 unspecified atom stereocenters. The minimum absolute atomic E-state index is 0.107. The number of fused-ring (bicyclic) bond motifs is 1. The Kier molecular flexibility index (Phi) is 5.64. The Labute approximate surface area is 169 Å². The van der Waals surface area contributed by atoms with Crippen LogP contribution in [0, 0.1) is 0 Å². The van der Waals surface area contributed by atoms with E-state index in [0.29, 0.717) is 30.8 Å². The van der Waals surface area contributed by atoms with Crippen molar-refractivity contribution >= 4 is 11.4 Å². The molecule has 1 fully saturated rings. The Hall–Kier alpha value is -3.09. The first-order valence-electron chi connectivity index (χ1n) is 10.3. The number of benzene rings is 1. The summed E-state index contributed by atoms with van der Waals surface area (Å²) in [6, 6.07) is 9.54. The third-order valence-corrected chi connectivity index (χ3v) is 5.30. The SMILES string of the molecule is CCCCOc1ccccc1-c1cc2c(=O)n(CCC(=O)N3CCC3)ccn2n1. The first-order chi connectivity index (χ1) is 14.2. The van der Waals surface area contributed by atoms with Gasteiger partial charge in [0.1, 0.15) is 11.3 Å². The van der Waals surface area contributed by atoms with Gasteiger partial charge in [-0.25, -0.2) is 4.52 Å². The average Bonchev–Trinajstić information content (AvgIpc) is 3.12. The average molecular weight is 394 g/mol. The third-order valence-electron chi connectivity index (χ3n) is 5.30. The lowest BCUT2D eigenvalue weighted by atomic mass is 10.1. The zero-order valence-electron chi connectivity index (χ0n) is 16.7. The fraction of sp³-hybridized carbons (Fsp3) is 0.409. The summed E-state index contributed by atoms with van der Waals surface area (Å²) < 4.78 is 9.09. The number of aromatic nitrogens is 3. The molecule has 0 saturated carbocycles. The lowest BCUT2D eigenvalue weighted by Crippen LogP contribution is -2.42. The van der Waals surface area contributed by atoms with Gasteiger partial charge in [-0.05, 0) is 31.0 Å². The Morgan fingerprint density at radius 2 is 2.03 bits per heavy atom. The molecule has 152 valence electrons. The first kappa shape index (κ1) is 19.2. The molecule has 7 heteroatoms. The van der Waals surface area contributed by atoms with Crippen molar-refractivity contribution in [2.45, 2.75) is 39.2 Å². The Balaban J connectivity index is 1.58. The molecule has 29 heavy (non-hydrogen) atoms. The summed E-state index contributed by atoms with van der Waals surface area (Å²) in [7, 11) is 0. The fourth-order valence-electron chi connectivity index (χ4n) is 3.40. The van der Waals surface area contributed by atoms with Crippen molar-refractivity contribution in [2.24, 2.45) is 0 Å². The second-order valence-electron chi connectivity index (χ2n) is 7.34. The van der Waals surface area contributed by atoms with Gasteiger partial charge in [0.25, 0.3) is 5.56 Å². The summed E-state index contributed by atoms with van der Waals surface area (Å²) in [5, 5.41) is 4.57. The number of carbonyl (C=O) groups excluding carboxylic acids is 1.